The van der Waals surface area contributed by atoms with Gasteiger partial charge < -0.3 is 12.4 Å². The standard InChI is InChI=1S/C10H19N2.ClH/c1-4-6-7-11-8-10(3)12(5-2)9-11;/h8-9H,4-7H2,1-3H3;1H/q+1;/p-1. The average molecular weight is 203 g/mol. The fraction of sp³-hybridized carbons (Fsp3) is 0.700. The quantitative estimate of drug-likeness (QED) is 0.549. The molecule has 0 atom stereocenters. The van der Waals surface area contributed by atoms with Gasteiger partial charge >= 0.3 is 0 Å². The van der Waals surface area contributed by atoms with Crippen LogP contribution in [0.25, 0.3) is 0 Å². The van der Waals surface area contributed by atoms with Crippen molar-refractivity contribution in [2.45, 2.75) is 46.7 Å². The van der Waals surface area contributed by atoms with Crippen molar-refractivity contribution in [3.8, 4) is 0 Å². The molecule has 0 bridgehead atoms. The highest BCUT2D eigenvalue weighted by molar-refractivity contribution is 4.88. The largest absolute Gasteiger partial charge is 1.00 e. The number of imidazole rings is 1. The van der Waals surface area contributed by atoms with Crippen molar-refractivity contribution in [1.29, 1.82) is 0 Å². The Kier molecular flexibility index (Phi) is 5.80. The molecule has 13 heavy (non-hydrogen) atoms. The molecule has 0 saturated heterocycles. The van der Waals surface area contributed by atoms with E-state index in [1.165, 1.54) is 18.5 Å². The molecule has 1 aromatic rings. The van der Waals surface area contributed by atoms with Gasteiger partial charge in [0.1, 0.15) is 11.9 Å². The van der Waals surface area contributed by atoms with E-state index in [4.69, 9.17) is 0 Å². The third-order valence-corrected chi connectivity index (χ3v) is 2.20. The van der Waals surface area contributed by atoms with Gasteiger partial charge in [0.2, 0.25) is 6.33 Å². The van der Waals surface area contributed by atoms with Crippen LogP contribution in [0.4, 0.5) is 0 Å². The van der Waals surface area contributed by atoms with Crippen molar-refractivity contribution in [3.05, 3.63) is 18.2 Å². The first-order valence-electron chi connectivity index (χ1n) is 4.83. The topological polar surface area (TPSA) is 8.81 Å². The van der Waals surface area contributed by atoms with E-state index in [1.807, 2.05) is 0 Å². The minimum atomic E-state index is 0. The van der Waals surface area contributed by atoms with Crippen LogP contribution in [0.5, 0.6) is 0 Å². The number of hydrogen-bond acceptors (Lipinski definition) is 0. The number of aromatic nitrogens is 2. The molecule has 0 aliphatic rings. The Morgan fingerprint density at radius 1 is 1.38 bits per heavy atom. The minimum Gasteiger partial charge on any atom is -1.00 e. The summed E-state index contributed by atoms with van der Waals surface area (Å²) in [5.74, 6) is 0. The van der Waals surface area contributed by atoms with Crippen molar-refractivity contribution in [1.82, 2.24) is 4.57 Å². The maximum absolute atomic E-state index is 2.28. The lowest BCUT2D eigenvalue weighted by Gasteiger charge is -1.91. The van der Waals surface area contributed by atoms with E-state index in [0.29, 0.717) is 0 Å². The van der Waals surface area contributed by atoms with Gasteiger partial charge in [-0.15, -0.1) is 0 Å². The second kappa shape index (κ2) is 6.03. The molecule has 2 nitrogen and oxygen atoms in total. The van der Waals surface area contributed by atoms with Crippen LogP contribution in [-0.2, 0) is 13.1 Å². The fourth-order valence-corrected chi connectivity index (χ4v) is 1.41. The molecule has 0 aliphatic heterocycles. The molecule has 0 fully saturated rings. The molecule has 1 heterocycles. The maximum Gasteiger partial charge on any atom is 0.243 e. The van der Waals surface area contributed by atoms with E-state index in [9.17, 15) is 0 Å². The minimum absolute atomic E-state index is 0. The number of rotatable bonds is 4. The van der Waals surface area contributed by atoms with Crippen LogP contribution in [-0.4, -0.2) is 4.57 Å². The number of nitrogens with zero attached hydrogens (tertiary/aromatic N) is 2. The smallest absolute Gasteiger partial charge is 0.243 e. The lowest BCUT2D eigenvalue weighted by atomic mass is 10.3. The van der Waals surface area contributed by atoms with Gasteiger partial charge in [-0.1, -0.05) is 13.3 Å². The normalized spacial score (nSPS) is 9.77. The number of aryl methyl sites for hydroxylation is 3. The number of unbranched alkanes of at least 4 members (excludes halogenated alkanes) is 1. The van der Waals surface area contributed by atoms with Gasteiger partial charge in [0, 0.05) is 6.92 Å². The van der Waals surface area contributed by atoms with Gasteiger partial charge in [-0.25, -0.2) is 9.13 Å². The van der Waals surface area contributed by atoms with Crippen LogP contribution in [0.15, 0.2) is 12.5 Å². The Labute approximate surface area is 87.0 Å². The fourth-order valence-electron chi connectivity index (χ4n) is 1.41. The predicted molar refractivity (Wildman–Crippen MR) is 49.9 cm³/mol. The first kappa shape index (κ1) is 12.5. The Morgan fingerprint density at radius 2 is 2.08 bits per heavy atom. The van der Waals surface area contributed by atoms with Crippen LogP contribution in [0, 0.1) is 6.92 Å². The molecule has 0 unspecified atom stereocenters. The predicted octanol–water partition coefficient (Wildman–Crippen LogP) is -1.09. The van der Waals surface area contributed by atoms with Gasteiger partial charge in [0.05, 0.1) is 13.1 Å². The van der Waals surface area contributed by atoms with Crippen molar-refractivity contribution in [3.63, 3.8) is 0 Å². The summed E-state index contributed by atoms with van der Waals surface area (Å²) < 4.78 is 4.55. The summed E-state index contributed by atoms with van der Waals surface area (Å²) in [4.78, 5) is 0. The highest BCUT2D eigenvalue weighted by atomic mass is 35.5. The van der Waals surface area contributed by atoms with Gasteiger partial charge in [-0.3, -0.25) is 0 Å². The number of hydrogen-bond donors (Lipinski definition) is 0. The summed E-state index contributed by atoms with van der Waals surface area (Å²) in [6.07, 6.45) is 6.96. The SMILES string of the molecule is CCCC[n+]1cc(C)n(CC)c1.[Cl-]. The van der Waals surface area contributed by atoms with Gasteiger partial charge in [0.25, 0.3) is 0 Å². The monoisotopic (exact) mass is 202 g/mol. The van der Waals surface area contributed by atoms with Crippen molar-refractivity contribution in [2.24, 2.45) is 0 Å². The summed E-state index contributed by atoms with van der Waals surface area (Å²) in [5, 5.41) is 0. The second-order valence-electron chi connectivity index (χ2n) is 3.26. The molecule has 0 aromatic carbocycles. The Hall–Kier alpha value is -0.500. The summed E-state index contributed by atoms with van der Waals surface area (Å²) >= 11 is 0. The first-order chi connectivity index (χ1) is 5.77. The zero-order valence-electron chi connectivity index (χ0n) is 8.76. The molecular formula is C10H19ClN2. The average Bonchev–Trinajstić information content (AvgIpc) is 2.43. The van der Waals surface area contributed by atoms with Gasteiger partial charge in [-0.05, 0) is 13.3 Å². The van der Waals surface area contributed by atoms with E-state index >= 15 is 0 Å². The highest BCUT2D eigenvalue weighted by Crippen LogP contribution is 1.95. The lowest BCUT2D eigenvalue weighted by Crippen LogP contribution is -3.00. The van der Waals surface area contributed by atoms with Crippen LogP contribution in [0.2, 0.25) is 0 Å². The molecule has 1 aromatic heterocycles. The molecule has 1 rings (SSSR count). The van der Waals surface area contributed by atoms with E-state index in [1.54, 1.807) is 0 Å². The second-order valence-corrected chi connectivity index (χ2v) is 3.26. The number of halogens is 1. The molecule has 0 aliphatic carbocycles. The molecule has 0 saturated carbocycles. The lowest BCUT2D eigenvalue weighted by molar-refractivity contribution is -0.697. The highest BCUT2D eigenvalue weighted by Gasteiger charge is 2.05. The van der Waals surface area contributed by atoms with Crippen molar-refractivity contribution in [2.75, 3.05) is 0 Å². The molecule has 0 radical (unpaired) electrons. The van der Waals surface area contributed by atoms with Crippen LogP contribution in [0.3, 0.4) is 0 Å². The van der Waals surface area contributed by atoms with Crippen LogP contribution < -0.4 is 17.0 Å². The summed E-state index contributed by atoms with van der Waals surface area (Å²) in [7, 11) is 0. The van der Waals surface area contributed by atoms with E-state index < -0.39 is 0 Å². The third kappa shape index (κ3) is 3.39. The molecule has 76 valence electrons. The van der Waals surface area contributed by atoms with E-state index in [2.05, 4.69) is 42.4 Å². The Bertz CT molecular complexity index is 243. The first-order valence-corrected chi connectivity index (χ1v) is 4.83. The molecular weight excluding hydrogens is 184 g/mol. The summed E-state index contributed by atoms with van der Waals surface area (Å²) in [6.45, 7) is 8.79. The summed E-state index contributed by atoms with van der Waals surface area (Å²) in [5.41, 5.74) is 1.36. The van der Waals surface area contributed by atoms with E-state index in [-0.39, 0.29) is 12.4 Å². The molecule has 3 heteroatoms. The zero-order valence-corrected chi connectivity index (χ0v) is 9.51. The summed E-state index contributed by atoms with van der Waals surface area (Å²) in [6, 6.07) is 0. The zero-order chi connectivity index (χ0) is 8.97. The Balaban J connectivity index is 0.00000144. The maximum atomic E-state index is 2.28. The Morgan fingerprint density at radius 3 is 2.54 bits per heavy atom. The van der Waals surface area contributed by atoms with Crippen LogP contribution in [0.1, 0.15) is 32.4 Å². The van der Waals surface area contributed by atoms with Gasteiger partial charge in [-0.2, -0.15) is 0 Å². The van der Waals surface area contributed by atoms with Gasteiger partial charge in [0.15, 0.2) is 0 Å². The molecule has 0 spiro atoms. The third-order valence-electron chi connectivity index (χ3n) is 2.20. The van der Waals surface area contributed by atoms with Crippen molar-refractivity contribution < 1.29 is 17.0 Å². The molecule has 0 amide bonds. The van der Waals surface area contributed by atoms with E-state index in [0.717, 1.165) is 13.1 Å². The van der Waals surface area contributed by atoms with Crippen LogP contribution >= 0.6 is 0 Å². The van der Waals surface area contributed by atoms with Crippen molar-refractivity contribution >= 4 is 0 Å². The molecule has 0 N–H and O–H groups in total.